The first kappa shape index (κ1) is 17.9. The van der Waals surface area contributed by atoms with Crippen LogP contribution in [0.25, 0.3) is 0 Å². The van der Waals surface area contributed by atoms with Crippen LogP contribution in [0.5, 0.6) is 11.5 Å². The van der Waals surface area contributed by atoms with E-state index in [2.05, 4.69) is 25.2 Å². The molecule has 0 radical (unpaired) electrons. The summed E-state index contributed by atoms with van der Waals surface area (Å²) in [5, 5.41) is 12.6. The van der Waals surface area contributed by atoms with E-state index >= 15 is 0 Å². The van der Waals surface area contributed by atoms with E-state index in [0.717, 1.165) is 11.1 Å². The Morgan fingerprint density at radius 1 is 1.08 bits per heavy atom. The maximum absolute atomic E-state index is 12.4. The maximum atomic E-state index is 12.4. The number of carbonyl (C=O) groups excluding carboxylic acids is 1. The van der Waals surface area contributed by atoms with E-state index in [9.17, 15) is 9.90 Å². The van der Waals surface area contributed by atoms with Gasteiger partial charge in [0.15, 0.2) is 6.10 Å². The molecule has 0 saturated heterocycles. The average molecular weight is 327 g/mol. The Bertz CT molecular complexity index is 738. The molecule has 2 aromatic rings. The molecular weight excluding hydrogens is 302 g/mol. The van der Waals surface area contributed by atoms with Crippen molar-refractivity contribution in [2.24, 2.45) is 0 Å². The summed E-state index contributed by atoms with van der Waals surface area (Å²) in [5.74, 6) is 0.836. The first-order chi connectivity index (χ1) is 11.3. The minimum Gasteiger partial charge on any atom is -0.506 e. The van der Waals surface area contributed by atoms with Crippen molar-refractivity contribution in [1.29, 1.82) is 0 Å². The van der Waals surface area contributed by atoms with Crippen molar-refractivity contribution in [1.82, 2.24) is 0 Å². The van der Waals surface area contributed by atoms with Crippen LogP contribution in [0.4, 0.5) is 5.69 Å². The second kappa shape index (κ2) is 7.39. The number of phenolic OH excluding ortho intramolecular Hbond substituents is 1. The number of carbonyl (C=O) groups is 1. The largest absolute Gasteiger partial charge is 0.506 e. The predicted octanol–water partition coefficient (Wildman–Crippen LogP) is 4.54. The summed E-state index contributed by atoms with van der Waals surface area (Å²) < 4.78 is 5.85. The molecular formula is C20H25NO3. The highest BCUT2D eigenvalue weighted by Gasteiger charge is 2.18. The summed E-state index contributed by atoms with van der Waals surface area (Å²) in [6.07, 6.45) is -0.675. The molecule has 0 aliphatic rings. The molecule has 0 heterocycles. The van der Waals surface area contributed by atoms with Crippen molar-refractivity contribution in [2.75, 3.05) is 5.32 Å². The Kier molecular flexibility index (Phi) is 5.50. The van der Waals surface area contributed by atoms with Crippen molar-refractivity contribution >= 4 is 11.6 Å². The van der Waals surface area contributed by atoms with Crippen LogP contribution in [0, 0.1) is 13.8 Å². The predicted molar refractivity (Wildman–Crippen MR) is 96.8 cm³/mol. The number of hydrogen-bond donors (Lipinski definition) is 2. The van der Waals surface area contributed by atoms with Gasteiger partial charge in [-0.3, -0.25) is 4.79 Å². The smallest absolute Gasteiger partial charge is 0.265 e. The molecule has 0 saturated carbocycles. The average Bonchev–Trinajstić information content (AvgIpc) is 2.52. The third kappa shape index (κ3) is 4.28. The van der Waals surface area contributed by atoms with Gasteiger partial charge < -0.3 is 15.2 Å². The highest BCUT2D eigenvalue weighted by molar-refractivity contribution is 5.95. The van der Waals surface area contributed by atoms with E-state index < -0.39 is 6.10 Å². The number of ether oxygens (including phenoxy) is 1. The first-order valence-electron chi connectivity index (χ1n) is 8.15. The fourth-order valence-corrected chi connectivity index (χ4v) is 2.33. The van der Waals surface area contributed by atoms with Crippen LogP contribution in [0.3, 0.4) is 0 Å². The highest BCUT2D eigenvalue weighted by Crippen LogP contribution is 2.27. The molecule has 0 aliphatic heterocycles. The summed E-state index contributed by atoms with van der Waals surface area (Å²) in [6, 6.07) is 11.1. The first-order valence-corrected chi connectivity index (χ1v) is 8.15. The minimum atomic E-state index is -0.675. The second-order valence-corrected chi connectivity index (χ2v) is 6.45. The summed E-state index contributed by atoms with van der Waals surface area (Å²) in [4.78, 5) is 12.4. The molecule has 24 heavy (non-hydrogen) atoms. The molecule has 0 aliphatic carbocycles. The van der Waals surface area contributed by atoms with Gasteiger partial charge in [0.05, 0.1) is 5.69 Å². The van der Waals surface area contributed by atoms with Crippen molar-refractivity contribution in [3.63, 3.8) is 0 Å². The Labute approximate surface area is 143 Å². The van der Waals surface area contributed by atoms with Gasteiger partial charge in [-0.1, -0.05) is 32.0 Å². The lowest BCUT2D eigenvalue weighted by atomic mass is 10.0. The summed E-state index contributed by atoms with van der Waals surface area (Å²) in [6.45, 7) is 9.78. The summed E-state index contributed by atoms with van der Waals surface area (Å²) in [7, 11) is 0. The van der Waals surface area contributed by atoms with Gasteiger partial charge in [0.2, 0.25) is 0 Å². The summed E-state index contributed by atoms with van der Waals surface area (Å²) in [5.41, 5.74) is 3.50. The van der Waals surface area contributed by atoms with E-state index in [1.54, 1.807) is 25.1 Å². The van der Waals surface area contributed by atoms with E-state index in [-0.39, 0.29) is 11.7 Å². The standard InChI is InChI=1S/C20H25NO3/c1-12(2)16-8-7-14(4)19(11-16)24-15(5)20(23)21-17-10-13(3)6-9-18(17)22/h6-12,15,22H,1-5H3,(H,21,23). The monoisotopic (exact) mass is 327 g/mol. The highest BCUT2D eigenvalue weighted by atomic mass is 16.5. The second-order valence-electron chi connectivity index (χ2n) is 6.45. The van der Waals surface area contributed by atoms with Gasteiger partial charge in [0.25, 0.3) is 5.91 Å². The van der Waals surface area contributed by atoms with Gasteiger partial charge in [-0.25, -0.2) is 0 Å². The molecule has 1 unspecified atom stereocenters. The van der Waals surface area contributed by atoms with Crippen LogP contribution in [-0.4, -0.2) is 17.1 Å². The minimum absolute atomic E-state index is 0.0409. The Hall–Kier alpha value is -2.49. The van der Waals surface area contributed by atoms with Crippen molar-refractivity contribution in [3.05, 3.63) is 53.1 Å². The Morgan fingerprint density at radius 2 is 1.79 bits per heavy atom. The van der Waals surface area contributed by atoms with Crippen molar-refractivity contribution < 1.29 is 14.6 Å². The van der Waals surface area contributed by atoms with Crippen LogP contribution in [0.2, 0.25) is 0 Å². The SMILES string of the molecule is Cc1ccc(O)c(NC(=O)C(C)Oc2cc(C(C)C)ccc2C)c1. The number of nitrogens with one attached hydrogen (secondary N) is 1. The molecule has 2 N–H and O–H groups in total. The van der Waals surface area contributed by atoms with Crippen LogP contribution in [0.1, 0.15) is 43.4 Å². The lowest BCUT2D eigenvalue weighted by Gasteiger charge is -2.18. The number of rotatable bonds is 5. The van der Waals surface area contributed by atoms with Crippen LogP contribution < -0.4 is 10.1 Å². The number of aryl methyl sites for hydroxylation is 2. The molecule has 0 fully saturated rings. The number of phenols is 1. The van der Waals surface area contributed by atoms with E-state index in [4.69, 9.17) is 4.74 Å². The van der Waals surface area contributed by atoms with Gasteiger partial charge in [0.1, 0.15) is 11.5 Å². The number of benzene rings is 2. The topological polar surface area (TPSA) is 58.6 Å². The summed E-state index contributed by atoms with van der Waals surface area (Å²) >= 11 is 0. The fourth-order valence-electron chi connectivity index (χ4n) is 2.33. The molecule has 0 aromatic heterocycles. The van der Waals surface area contributed by atoms with Crippen LogP contribution in [-0.2, 0) is 4.79 Å². The van der Waals surface area contributed by atoms with Crippen LogP contribution >= 0.6 is 0 Å². The molecule has 1 atom stereocenters. The quantitative estimate of drug-likeness (QED) is 0.793. The normalized spacial score (nSPS) is 12.1. The van der Waals surface area contributed by atoms with E-state index in [1.807, 2.05) is 26.0 Å². The molecule has 4 nitrogen and oxygen atoms in total. The third-order valence-corrected chi connectivity index (χ3v) is 3.96. The number of anilines is 1. The molecule has 4 heteroatoms. The number of amides is 1. The van der Waals surface area contributed by atoms with Gasteiger partial charge in [-0.05, 0) is 61.6 Å². The molecule has 1 amide bonds. The Balaban J connectivity index is 2.12. The number of hydrogen-bond acceptors (Lipinski definition) is 3. The zero-order chi connectivity index (χ0) is 17.9. The van der Waals surface area contributed by atoms with Gasteiger partial charge in [0, 0.05) is 0 Å². The maximum Gasteiger partial charge on any atom is 0.265 e. The lowest BCUT2D eigenvalue weighted by Crippen LogP contribution is -2.30. The van der Waals surface area contributed by atoms with Crippen molar-refractivity contribution in [2.45, 2.75) is 46.6 Å². The Morgan fingerprint density at radius 3 is 2.46 bits per heavy atom. The molecule has 2 aromatic carbocycles. The molecule has 128 valence electrons. The van der Waals surface area contributed by atoms with E-state index in [1.165, 1.54) is 5.56 Å². The van der Waals surface area contributed by atoms with Gasteiger partial charge in [-0.2, -0.15) is 0 Å². The third-order valence-electron chi connectivity index (χ3n) is 3.96. The van der Waals surface area contributed by atoms with Crippen LogP contribution in [0.15, 0.2) is 36.4 Å². The zero-order valence-corrected chi connectivity index (χ0v) is 14.9. The van der Waals surface area contributed by atoms with Gasteiger partial charge in [-0.15, -0.1) is 0 Å². The lowest BCUT2D eigenvalue weighted by molar-refractivity contribution is -0.122. The molecule has 0 bridgehead atoms. The molecule has 2 rings (SSSR count). The fraction of sp³-hybridized carbons (Fsp3) is 0.350. The van der Waals surface area contributed by atoms with E-state index in [0.29, 0.717) is 17.4 Å². The van der Waals surface area contributed by atoms with Crippen molar-refractivity contribution in [3.8, 4) is 11.5 Å². The zero-order valence-electron chi connectivity index (χ0n) is 14.9. The number of aromatic hydroxyl groups is 1. The molecule has 0 spiro atoms. The van der Waals surface area contributed by atoms with Gasteiger partial charge >= 0.3 is 0 Å².